The van der Waals surface area contributed by atoms with Crippen LogP contribution in [-0.4, -0.2) is 59.7 Å². The molecule has 0 saturated carbocycles. The average molecular weight is 468 g/mol. The monoisotopic (exact) mass is 467 g/mol. The van der Waals surface area contributed by atoms with Gasteiger partial charge in [-0.05, 0) is 57.4 Å². The number of rotatable bonds is 6. The molecule has 0 spiro atoms. The molecule has 1 N–H and O–H groups in total. The van der Waals surface area contributed by atoms with Crippen molar-refractivity contribution in [1.29, 1.82) is 0 Å². The zero-order valence-corrected chi connectivity index (χ0v) is 19.7. The van der Waals surface area contributed by atoms with Gasteiger partial charge in [0.05, 0.1) is 12.6 Å². The number of hydrogen-bond donors (Lipinski definition) is 1. The van der Waals surface area contributed by atoms with Crippen molar-refractivity contribution in [3.8, 4) is 11.5 Å². The van der Waals surface area contributed by atoms with E-state index < -0.39 is 17.5 Å². The lowest BCUT2D eigenvalue weighted by molar-refractivity contribution is -0.130. The maximum absolute atomic E-state index is 13.4. The van der Waals surface area contributed by atoms with Gasteiger partial charge in [-0.1, -0.05) is 6.07 Å². The van der Waals surface area contributed by atoms with Crippen molar-refractivity contribution in [2.24, 2.45) is 0 Å². The Hall–Kier alpha value is -3.33. The molecule has 9 heteroatoms. The standard InChI is InChI=1S/C25H29N3O6/c1-15-11-19(16(2)27(15)13-18-5-4-8-32-18)20(29)14-28-23(30)25(3,26-24(28)31)17-6-7-21-22(12-17)34-10-9-33-21/h6-7,11-12,18H,4-5,8-10,13-14H2,1-3H3,(H,26,31). The normalized spacial score (nSPS) is 24.0. The largest absolute Gasteiger partial charge is 0.486 e. The second-order valence-electron chi connectivity index (χ2n) is 9.26. The molecule has 0 radical (unpaired) electrons. The van der Waals surface area contributed by atoms with Gasteiger partial charge in [0.15, 0.2) is 17.3 Å². The van der Waals surface area contributed by atoms with Crippen LogP contribution in [0.3, 0.4) is 0 Å². The number of Topliss-reactive ketones (excluding diaryl/α,β-unsaturated/α-hetero) is 1. The number of aromatic nitrogens is 1. The number of nitrogens with one attached hydrogen (secondary N) is 1. The van der Waals surface area contributed by atoms with Gasteiger partial charge >= 0.3 is 6.03 Å². The molecular weight excluding hydrogens is 438 g/mol. The summed E-state index contributed by atoms with van der Waals surface area (Å²) in [5.74, 6) is 0.373. The van der Waals surface area contributed by atoms with Crippen LogP contribution in [0.15, 0.2) is 24.3 Å². The van der Waals surface area contributed by atoms with E-state index in [9.17, 15) is 14.4 Å². The first-order chi connectivity index (χ1) is 16.3. The van der Waals surface area contributed by atoms with Gasteiger partial charge < -0.3 is 24.1 Å². The van der Waals surface area contributed by atoms with Crippen LogP contribution in [0.25, 0.3) is 0 Å². The summed E-state index contributed by atoms with van der Waals surface area (Å²) in [6.07, 6.45) is 2.19. The van der Waals surface area contributed by atoms with Crippen LogP contribution in [-0.2, 0) is 21.6 Å². The van der Waals surface area contributed by atoms with E-state index in [1.54, 1.807) is 25.1 Å². The number of aryl methyl sites for hydroxylation is 1. The predicted molar refractivity (Wildman–Crippen MR) is 122 cm³/mol. The van der Waals surface area contributed by atoms with Crippen LogP contribution in [0.1, 0.15) is 47.1 Å². The van der Waals surface area contributed by atoms with Gasteiger partial charge in [0.25, 0.3) is 5.91 Å². The SMILES string of the molecule is Cc1cc(C(=O)CN2C(=O)NC(C)(c3ccc4c(c3)OCCO4)C2=O)c(C)n1CC1CCCO1. The summed E-state index contributed by atoms with van der Waals surface area (Å²) in [7, 11) is 0. The Labute approximate surface area is 197 Å². The van der Waals surface area contributed by atoms with E-state index in [1.165, 1.54) is 0 Å². The van der Waals surface area contributed by atoms with Crippen LogP contribution in [0.4, 0.5) is 4.79 Å². The van der Waals surface area contributed by atoms with Crippen molar-refractivity contribution < 1.29 is 28.6 Å². The molecule has 2 fully saturated rings. The minimum atomic E-state index is -1.30. The molecule has 2 unspecified atom stereocenters. The molecule has 3 amide bonds. The lowest BCUT2D eigenvalue weighted by atomic mass is 9.91. The summed E-state index contributed by atoms with van der Waals surface area (Å²) < 4.78 is 19.0. The number of benzene rings is 1. The zero-order chi connectivity index (χ0) is 24.0. The molecule has 1 aromatic heterocycles. The number of nitrogens with zero attached hydrogens (tertiary/aromatic N) is 2. The molecule has 9 nitrogen and oxygen atoms in total. The van der Waals surface area contributed by atoms with Gasteiger partial charge in [-0.15, -0.1) is 0 Å². The number of carbonyl (C=O) groups is 3. The number of ketones is 1. The summed E-state index contributed by atoms with van der Waals surface area (Å²) in [6.45, 7) is 7.49. The Bertz CT molecular complexity index is 1170. The average Bonchev–Trinajstić information content (AvgIpc) is 3.50. The number of amides is 3. The third-order valence-corrected chi connectivity index (χ3v) is 6.98. The lowest BCUT2D eigenvalue weighted by Gasteiger charge is -2.25. The van der Waals surface area contributed by atoms with Crippen molar-refractivity contribution in [3.63, 3.8) is 0 Å². The Kier molecular flexibility index (Phi) is 5.59. The fourth-order valence-corrected chi connectivity index (χ4v) is 4.98. The molecule has 0 bridgehead atoms. The van der Waals surface area contributed by atoms with Crippen LogP contribution in [0.2, 0.25) is 0 Å². The molecule has 0 aliphatic carbocycles. The summed E-state index contributed by atoms with van der Waals surface area (Å²) >= 11 is 0. The topological polar surface area (TPSA) is 99.1 Å². The number of hydrogen-bond acceptors (Lipinski definition) is 6. The quantitative estimate of drug-likeness (QED) is 0.518. The lowest BCUT2D eigenvalue weighted by Crippen LogP contribution is -2.41. The van der Waals surface area contributed by atoms with Crippen molar-refractivity contribution >= 4 is 17.7 Å². The molecule has 4 heterocycles. The van der Waals surface area contributed by atoms with Crippen LogP contribution in [0, 0.1) is 13.8 Å². The third-order valence-electron chi connectivity index (χ3n) is 6.98. The fourth-order valence-electron chi connectivity index (χ4n) is 4.98. The second-order valence-corrected chi connectivity index (χ2v) is 9.26. The van der Waals surface area contributed by atoms with Crippen molar-refractivity contribution in [2.45, 2.75) is 51.8 Å². The molecule has 5 rings (SSSR count). The molecule has 3 aliphatic rings. The first-order valence-electron chi connectivity index (χ1n) is 11.6. The molecular formula is C25H29N3O6. The van der Waals surface area contributed by atoms with Gasteiger partial charge in [0, 0.05) is 30.1 Å². The summed E-state index contributed by atoms with van der Waals surface area (Å²) in [4.78, 5) is 40.3. The zero-order valence-electron chi connectivity index (χ0n) is 19.7. The van der Waals surface area contributed by atoms with Gasteiger partial charge in [-0.2, -0.15) is 0 Å². The number of imide groups is 1. The van der Waals surface area contributed by atoms with E-state index in [0.29, 0.717) is 42.4 Å². The smallest absolute Gasteiger partial charge is 0.325 e. The predicted octanol–water partition coefficient (Wildman–Crippen LogP) is 2.71. The first-order valence-corrected chi connectivity index (χ1v) is 11.6. The minimum Gasteiger partial charge on any atom is -0.486 e. The van der Waals surface area contributed by atoms with E-state index in [2.05, 4.69) is 9.88 Å². The van der Waals surface area contributed by atoms with Crippen LogP contribution >= 0.6 is 0 Å². The Morgan fingerprint density at radius 2 is 1.88 bits per heavy atom. The number of carbonyl (C=O) groups excluding carboxylic acids is 3. The Balaban J connectivity index is 1.35. The maximum Gasteiger partial charge on any atom is 0.325 e. The molecule has 180 valence electrons. The highest BCUT2D eigenvalue weighted by Crippen LogP contribution is 2.37. The van der Waals surface area contributed by atoms with Gasteiger partial charge in [0.1, 0.15) is 18.8 Å². The fraction of sp³-hybridized carbons (Fsp3) is 0.480. The van der Waals surface area contributed by atoms with Gasteiger partial charge in [-0.25, -0.2) is 4.79 Å². The van der Waals surface area contributed by atoms with Crippen molar-refractivity contribution in [2.75, 3.05) is 26.4 Å². The minimum absolute atomic E-state index is 0.144. The van der Waals surface area contributed by atoms with E-state index in [4.69, 9.17) is 14.2 Å². The highest BCUT2D eigenvalue weighted by molar-refractivity contribution is 6.11. The summed E-state index contributed by atoms with van der Waals surface area (Å²) in [5.41, 5.74) is 1.56. The maximum atomic E-state index is 13.4. The van der Waals surface area contributed by atoms with Crippen molar-refractivity contribution in [3.05, 3.63) is 46.8 Å². The molecule has 3 aliphatic heterocycles. The van der Waals surface area contributed by atoms with E-state index in [1.807, 2.05) is 19.9 Å². The van der Waals surface area contributed by atoms with Crippen LogP contribution < -0.4 is 14.8 Å². The number of fused-ring (bicyclic) bond motifs is 1. The van der Waals surface area contributed by atoms with Gasteiger partial charge in [0.2, 0.25) is 0 Å². The van der Waals surface area contributed by atoms with Gasteiger partial charge in [-0.3, -0.25) is 14.5 Å². The summed E-state index contributed by atoms with van der Waals surface area (Å²) in [5, 5.41) is 2.76. The van der Waals surface area contributed by atoms with Crippen molar-refractivity contribution in [1.82, 2.24) is 14.8 Å². The first kappa shape index (κ1) is 22.5. The number of ether oxygens (including phenoxy) is 3. The molecule has 34 heavy (non-hydrogen) atoms. The summed E-state index contributed by atoms with van der Waals surface area (Å²) in [6, 6.07) is 6.40. The Morgan fingerprint density at radius 3 is 2.62 bits per heavy atom. The highest BCUT2D eigenvalue weighted by atomic mass is 16.6. The van der Waals surface area contributed by atoms with E-state index in [0.717, 1.165) is 35.7 Å². The third kappa shape index (κ3) is 3.73. The molecule has 2 aromatic rings. The molecule has 2 atom stereocenters. The second kappa shape index (κ2) is 8.47. The Morgan fingerprint density at radius 1 is 1.12 bits per heavy atom. The number of urea groups is 1. The highest BCUT2D eigenvalue weighted by Gasteiger charge is 2.50. The molecule has 2 saturated heterocycles. The van der Waals surface area contributed by atoms with Crippen LogP contribution in [0.5, 0.6) is 11.5 Å². The van der Waals surface area contributed by atoms with E-state index in [-0.39, 0.29) is 18.4 Å². The molecule has 1 aromatic carbocycles. The van der Waals surface area contributed by atoms with E-state index >= 15 is 0 Å².